The van der Waals surface area contributed by atoms with Crippen molar-refractivity contribution in [1.82, 2.24) is 10.7 Å². The molecule has 0 atom stereocenters. The van der Waals surface area contributed by atoms with Gasteiger partial charge in [-0.3, -0.25) is 10.1 Å². The third-order valence-electron chi connectivity index (χ3n) is 5.69. The van der Waals surface area contributed by atoms with Gasteiger partial charge in [-0.15, -0.1) is 0 Å². The highest BCUT2D eigenvalue weighted by molar-refractivity contribution is 5.87. The highest BCUT2D eigenvalue weighted by Crippen LogP contribution is 2.37. The van der Waals surface area contributed by atoms with E-state index in [0.717, 1.165) is 16.7 Å². The summed E-state index contributed by atoms with van der Waals surface area (Å²) in [6.45, 7) is -0.0666. The number of carbonyl (C=O) groups is 1. The van der Waals surface area contributed by atoms with E-state index in [1.807, 2.05) is 91.0 Å². The third kappa shape index (κ3) is 5.00. The fraction of sp³-hybridized carbons (Fsp3) is 0.0714. The van der Waals surface area contributed by atoms with Gasteiger partial charge in [-0.25, -0.2) is 5.43 Å². The first-order valence-electron chi connectivity index (χ1n) is 11.0. The Morgan fingerprint density at radius 1 is 0.714 bits per heavy atom. The molecule has 7 nitrogen and oxygen atoms in total. The first-order valence-corrected chi connectivity index (χ1v) is 11.0. The number of amides is 1. The Morgan fingerprint density at radius 3 is 1.69 bits per heavy atom. The molecule has 176 valence electrons. The average molecular weight is 468 g/mol. The molecule has 4 aromatic rings. The third-order valence-corrected chi connectivity index (χ3v) is 5.69. The van der Waals surface area contributed by atoms with Crippen LogP contribution in [0.3, 0.4) is 0 Å². The molecular weight excluding hydrogens is 442 g/mol. The summed E-state index contributed by atoms with van der Waals surface area (Å²) in [5, 5.41) is 36.3. The maximum atomic E-state index is 12.7. The van der Waals surface area contributed by atoms with E-state index in [1.54, 1.807) is 0 Å². The predicted molar refractivity (Wildman–Crippen MR) is 134 cm³/mol. The number of hydrogen-bond acceptors (Lipinski definition) is 6. The molecule has 7 heteroatoms. The number of hydrazone groups is 1. The van der Waals surface area contributed by atoms with E-state index in [9.17, 15) is 20.1 Å². The Kier molecular flexibility index (Phi) is 7.09. The van der Waals surface area contributed by atoms with Crippen molar-refractivity contribution >= 4 is 12.1 Å². The summed E-state index contributed by atoms with van der Waals surface area (Å²) >= 11 is 0. The highest BCUT2D eigenvalue weighted by atomic mass is 16.3. The minimum Gasteiger partial charge on any atom is -0.504 e. The molecule has 0 aromatic heterocycles. The van der Waals surface area contributed by atoms with E-state index >= 15 is 0 Å². The summed E-state index contributed by atoms with van der Waals surface area (Å²) in [5.74, 6) is -2.04. The van der Waals surface area contributed by atoms with Crippen LogP contribution in [0.1, 0.15) is 22.3 Å². The second kappa shape index (κ2) is 10.5. The number of carbonyl (C=O) groups excluding carboxylic acids is 1. The lowest BCUT2D eigenvalue weighted by atomic mass is 9.77. The van der Waals surface area contributed by atoms with Crippen molar-refractivity contribution in [3.8, 4) is 17.2 Å². The summed E-state index contributed by atoms with van der Waals surface area (Å²) in [5.41, 5.74) is 4.68. The van der Waals surface area contributed by atoms with Crippen LogP contribution in [-0.2, 0) is 10.3 Å². The second-order valence-corrected chi connectivity index (χ2v) is 7.87. The largest absolute Gasteiger partial charge is 0.504 e. The quantitative estimate of drug-likeness (QED) is 0.117. The molecule has 4 rings (SSSR count). The van der Waals surface area contributed by atoms with Gasteiger partial charge in [-0.05, 0) is 28.8 Å². The Bertz CT molecular complexity index is 1210. The highest BCUT2D eigenvalue weighted by Gasteiger charge is 2.36. The molecule has 0 aliphatic rings. The maximum Gasteiger partial charge on any atom is 0.254 e. The monoisotopic (exact) mass is 467 g/mol. The number of nitrogens with one attached hydrogen (secondary N) is 2. The number of rotatable bonds is 8. The zero-order valence-electron chi connectivity index (χ0n) is 18.8. The van der Waals surface area contributed by atoms with Crippen LogP contribution in [0.5, 0.6) is 17.2 Å². The SMILES string of the molecule is O=C(CNC(c1ccccc1)(c1ccccc1)c1ccccc1)NN=Cc1ccc(O)c(O)c1O. The summed E-state index contributed by atoms with van der Waals surface area (Å²) < 4.78 is 0. The van der Waals surface area contributed by atoms with Gasteiger partial charge in [-0.2, -0.15) is 5.10 Å². The smallest absolute Gasteiger partial charge is 0.254 e. The van der Waals surface area contributed by atoms with Crippen LogP contribution >= 0.6 is 0 Å². The van der Waals surface area contributed by atoms with Crippen LogP contribution in [0, 0.1) is 0 Å². The van der Waals surface area contributed by atoms with Gasteiger partial charge < -0.3 is 15.3 Å². The predicted octanol–water partition coefficient (Wildman–Crippen LogP) is 3.84. The summed E-state index contributed by atoms with van der Waals surface area (Å²) in [7, 11) is 0. The van der Waals surface area contributed by atoms with E-state index in [-0.39, 0.29) is 12.1 Å². The van der Waals surface area contributed by atoms with Crippen LogP contribution in [0.15, 0.2) is 108 Å². The van der Waals surface area contributed by atoms with E-state index < -0.39 is 28.7 Å². The topological polar surface area (TPSA) is 114 Å². The standard InChI is InChI=1S/C28H25N3O4/c32-24-17-16-20(26(34)27(24)35)18-30-31-25(33)19-29-28(21-10-4-1-5-11-21,22-12-6-2-7-13-22)23-14-8-3-9-15-23/h1-18,29,32,34-35H,19H2,(H,31,33). The van der Waals surface area contributed by atoms with Crippen molar-refractivity contribution in [3.63, 3.8) is 0 Å². The van der Waals surface area contributed by atoms with Gasteiger partial charge in [0.25, 0.3) is 5.91 Å². The molecule has 0 bridgehead atoms. The van der Waals surface area contributed by atoms with Crippen molar-refractivity contribution in [1.29, 1.82) is 0 Å². The molecule has 5 N–H and O–H groups in total. The molecule has 1 amide bonds. The van der Waals surface area contributed by atoms with E-state index in [4.69, 9.17) is 0 Å². The fourth-order valence-corrected chi connectivity index (χ4v) is 3.99. The van der Waals surface area contributed by atoms with Crippen LogP contribution in [0.4, 0.5) is 0 Å². The lowest BCUT2D eigenvalue weighted by Gasteiger charge is -2.37. The minimum absolute atomic E-state index is 0.0666. The Hall–Kier alpha value is -4.62. The van der Waals surface area contributed by atoms with Crippen molar-refractivity contribution in [2.75, 3.05) is 6.54 Å². The van der Waals surface area contributed by atoms with E-state index in [0.29, 0.717) is 0 Å². The molecule has 0 unspecified atom stereocenters. The van der Waals surface area contributed by atoms with Gasteiger partial charge in [0, 0.05) is 5.56 Å². The zero-order chi connectivity index (χ0) is 24.7. The van der Waals surface area contributed by atoms with Crippen LogP contribution in [-0.4, -0.2) is 34.0 Å². The lowest BCUT2D eigenvalue weighted by molar-refractivity contribution is -0.120. The Morgan fingerprint density at radius 2 is 1.20 bits per heavy atom. The van der Waals surface area contributed by atoms with Crippen molar-refractivity contribution in [3.05, 3.63) is 125 Å². The van der Waals surface area contributed by atoms with Crippen LogP contribution in [0.2, 0.25) is 0 Å². The molecule has 0 radical (unpaired) electrons. The molecule has 0 spiro atoms. The van der Waals surface area contributed by atoms with E-state index in [2.05, 4.69) is 15.8 Å². The number of hydrogen-bond donors (Lipinski definition) is 5. The first kappa shape index (κ1) is 23.5. The summed E-state index contributed by atoms with van der Waals surface area (Å²) in [4.78, 5) is 12.7. The number of phenols is 3. The van der Waals surface area contributed by atoms with Crippen LogP contribution < -0.4 is 10.7 Å². The fourth-order valence-electron chi connectivity index (χ4n) is 3.99. The van der Waals surface area contributed by atoms with Gasteiger partial charge in [0.1, 0.15) is 0 Å². The Labute approximate surface area is 203 Å². The molecule has 0 aliphatic carbocycles. The number of aromatic hydroxyl groups is 3. The molecule has 0 aliphatic heterocycles. The zero-order valence-corrected chi connectivity index (χ0v) is 18.8. The molecule has 0 heterocycles. The molecule has 0 saturated heterocycles. The first-order chi connectivity index (χ1) is 17.0. The minimum atomic E-state index is -0.800. The van der Waals surface area contributed by atoms with Crippen molar-refractivity contribution in [2.24, 2.45) is 5.10 Å². The summed E-state index contributed by atoms with van der Waals surface area (Å²) in [6.07, 6.45) is 1.19. The number of benzene rings is 4. The van der Waals surface area contributed by atoms with Gasteiger partial charge in [0.05, 0.1) is 18.3 Å². The normalized spacial score (nSPS) is 11.4. The van der Waals surface area contributed by atoms with E-state index in [1.165, 1.54) is 18.3 Å². The van der Waals surface area contributed by atoms with Crippen LogP contribution in [0.25, 0.3) is 0 Å². The molecule has 4 aromatic carbocycles. The van der Waals surface area contributed by atoms with Crippen molar-refractivity contribution in [2.45, 2.75) is 5.54 Å². The van der Waals surface area contributed by atoms with Gasteiger partial charge in [0.15, 0.2) is 11.5 Å². The second-order valence-electron chi connectivity index (χ2n) is 7.87. The van der Waals surface area contributed by atoms with Crippen molar-refractivity contribution < 1.29 is 20.1 Å². The molecule has 0 fully saturated rings. The van der Waals surface area contributed by atoms with Gasteiger partial charge in [-0.1, -0.05) is 91.0 Å². The number of phenolic OH excluding ortho intramolecular Hbond substituents is 3. The van der Waals surface area contributed by atoms with Gasteiger partial charge in [0.2, 0.25) is 5.75 Å². The molecular formula is C28H25N3O4. The molecule has 0 saturated carbocycles. The summed E-state index contributed by atoms with van der Waals surface area (Å²) in [6, 6.07) is 32.3. The number of nitrogens with zero attached hydrogens (tertiary/aromatic N) is 1. The average Bonchev–Trinajstić information content (AvgIpc) is 2.91. The van der Waals surface area contributed by atoms with Gasteiger partial charge >= 0.3 is 0 Å². The lowest BCUT2D eigenvalue weighted by Crippen LogP contribution is -2.48. The maximum absolute atomic E-state index is 12.7. The Balaban J connectivity index is 1.61. The molecule has 35 heavy (non-hydrogen) atoms.